The van der Waals surface area contributed by atoms with Crippen molar-refractivity contribution in [3.8, 4) is 0 Å². The van der Waals surface area contributed by atoms with E-state index in [9.17, 15) is 4.39 Å². The first-order chi connectivity index (χ1) is 9.60. The van der Waals surface area contributed by atoms with Crippen molar-refractivity contribution in [2.45, 2.75) is 39.3 Å². The third kappa shape index (κ3) is 5.33. The maximum Gasteiger partial charge on any atom is 0.146 e. The molecular formula is C16H27FN2S. The zero-order chi connectivity index (χ0) is 15.0. The predicted molar refractivity (Wildman–Crippen MR) is 89.3 cm³/mol. The predicted octanol–water partition coefficient (Wildman–Crippen LogP) is 3.90. The van der Waals surface area contributed by atoms with E-state index in [4.69, 9.17) is 0 Å². The molecule has 0 saturated heterocycles. The Balaban J connectivity index is 2.66. The minimum absolute atomic E-state index is 0.126. The van der Waals surface area contributed by atoms with Gasteiger partial charge in [-0.1, -0.05) is 13.0 Å². The average Bonchev–Trinajstić information content (AvgIpc) is 2.44. The highest BCUT2D eigenvalue weighted by molar-refractivity contribution is 7.98. The molecule has 1 aromatic rings. The van der Waals surface area contributed by atoms with E-state index in [0.29, 0.717) is 11.7 Å². The Morgan fingerprint density at radius 3 is 2.75 bits per heavy atom. The highest BCUT2D eigenvalue weighted by atomic mass is 32.2. The average molecular weight is 298 g/mol. The molecule has 1 aromatic carbocycles. The topological polar surface area (TPSA) is 15.3 Å². The largest absolute Gasteiger partial charge is 0.369 e. The van der Waals surface area contributed by atoms with Gasteiger partial charge in [-0.25, -0.2) is 4.39 Å². The molecule has 0 spiro atoms. The fourth-order valence-corrected chi connectivity index (χ4v) is 2.65. The van der Waals surface area contributed by atoms with E-state index in [2.05, 4.69) is 25.4 Å². The van der Waals surface area contributed by atoms with Crippen molar-refractivity contribution in [1.82, 2.24) is 5.32 Å². The van der Waals surface area contributed by atoms with E-state index in [-0.39, 0.29) is 5.82 Å². The second kappa shape index (κ2) is 9.24. The molecule has 2 nitrogen and oxygen atoms in total. The minimum Gasteiger partial charge on any atom is -0.369 e. The lowest BCUT2D eigenvalue weighted by molar-refractivity contribution is 0.596. The highest BCUT2D eigenvalue weighted by Crippen LogP contribution is 2.22. The minimum atomic E-state index is -0.126. The molecule has 0 fully saturated rings. The maximum absolute atomic E-state index is 14.2. The molecule has 1 rings (SSSR count). The molecule has 0 heterocycles. The van der Waals surface area contributed by atoms with Crippen molar-refractivity contribution >= 4 is 17.4 Å². The molecule has 0 radical (unpaired) electrons. The van der Waals surface area contributed by atoms with Crippen LogP contribution in [0.25, 0.3) is 0 Å². The number of anilines is 1. The monoisotopic (exact) mass is 298 g/mol. The number of thioether (sulfide) groups is 1. The summed E-state index contributed by atoms with van der Waals surface area (Å²) in [5, 5.41) is 3.29. The van der Waals surface area contributed by atoms with Crippen molar-refractivity contribution in [2.75, 3.05) is 30.5 Å². The van der Waals surface area contributed by atoms with E-state index in [0.717, 1.165) is 37.2 Å². The number of halogens is 1. The Hall–Kier alpha value is -0.740. The van der Waals surface area contributed by atoms with Crippen molar-refractivity contribution < 1.29 is 4.39 Å². The van der Waals surface area contributed by atoms with Crippen LogP contribution >= 0.6 is 11.8 Å². The lowest BCUT2D eigenvalue weighted by Crippen LogP contribution is -2.30. The van der Waals surface area contributed by atoms with Crippen LogP contribution in [0.1, 0.15) is 32.3 Å². The second-order valence-corrected chi connectivity index (χ2v) is 6.19. The molecular weight excluding hydrogens is 271 g/mol. The van der Waals surface area contributed by atoms with Gasteiger partial charge in [0.1, 0.15) is 5.82 Å². The van der Waals surface area contributed by atoms with Gasteiger partial charge in [-0.15, -0.1) is 0 Å². The Morgan fingerprint density at radius 1 is 1.40 bits per heavy atom. The van der Waals surface area contributed by atoms with Crippen molar-refractivity contribution in [3.05, 3.63) is 29.6 Å². The molecule has 1 unspecified atom stereocenters. The summed E-state index contributed by atoms with van der Waals surface area (Å²) in [4.78, 5) is 2.04. The van der Waals surface area contributed by atoms with Crippen LogP contribution in [-0.4, -0.2) is 31.6 Å². The lowest BCUT2D eigenvalue weighted by Gasteiger charge is -2.27. The standard InChI is InChI=1S/C16H27FN2S/c1-5-9-18-12-14-6-7-16(15(17)11-14)19(3)13(2)8-10-20-4/h6-7,11,13,18H,5,8-10,12H2,1-4H3. The molecule has 0 bridgehead atoms. The third-order valence-corrected chi connectivity index (χ3v) is 4.19. The van der Waals surface area contributed by atoms with Crippen LogP contribution in [0.3, 0.4) is 0 Å². The molecule has 4 heteroatoms. The molecule has 0 aliphatic heterocycles. The van der Waals surface area contributed by atoms with Crippen LogP contribution in [0.5, 0.6) is 0 Å². The van der Waals surface area contributed by atoms with Crippen molar-refractivity contribution in [3.63, 3.8) is 0 Å². The number of hydrogen-bond acceptors (Lipinski definition) is 3. The fourth-order valence-electron chi connectivity index (χ4n) is 2.08. The Kier molecular flexibility index (Phi) is 8.00. The summed E-state index contributed by atoms with van der Waals surface area (Å²) >= 11 is 1.83. The van der Waals surface area contributed by atoms with Gasteiger partial charge in [0, 0.05) is 19.6 Å². The number of nitrogens with one attached hydrogen (secondary N) is 1. The highest BCUT2D eigenvalue weighted by Gasteiger charge is 2.13. The summed E-state index contributed by atoms with van der Waals surface area (Å²) in [6.45, 7) is 5.97. The molecule has 114 valence electrons. The Labute approximate surface area is 127 Å². The second-order valence-electron chi connectivity index (χ2n) is 5.20. The van der Waals surface area contributed by atoms with Crippen LogP contribution in [0.15, 0.2) is 18.2 Å². The van der Waals surface area contributed by atoms with Crippen molar-refractivity contribution in [1.29, 1.82) is 0 Å². The molecule has 1 N–H and O–H groups in total. The van der Waals surface area contributed by atoms with Crippen LogP contribution in [-0.2, 0) is 6.54 Å². The van der Waals surface area contributed by atoms with Gasteiger partial charge in [0.2, 0.25) is 0 Å². The number of nitrogens with zero attached hydrogens (tertiary/aromatic N) is 1. The van der Waals surface area contributed by atoms with E-state index in [1.165, 1.54) is 0 Å². The van der Waals surface area contributed by atoms with Crippen LogP contribution < -0.4 is 10.2 Å². The van der Waals surface area contributed by atoms with E-state index >= 15 is 0 Å². The van der Waals surface area contributed by atoms with Gasteiger partial charge in [0.25, 0.3) is 0 Å². The van der Waals surface area contributed by atoms with Crippen LogP contribution in [0.4, 0.5) is 10.1 Å². The van der Waals surface area contributed by atoms with Crippen LogP contribution in [0, 0.1) is 5.82 Å². The summed E-state index contributed by atoms with van der Waals surface area (Å²) in [6, 6.07) is 5.91. The van der Waals surface area contributed by atoms with Crippen LogP contribution in [0.2, 0.25) is 0 Å². The summed E-state index contributed by atoms with van der Waals surface area (Å²) in [5.41, 5.74) is 1.70. The van der Waals surface area contributed by atoms with E-state index < -0.39 is 0 Å². The molecule has 20 heavy (non-hydrogen) atoms. The molecule has 0 aliphatic rings. The van der Waals surface area contributed by atoms with Gasteiger partial charge in [-0.2, -0.15) is 11.8 Å². The van der Waals surface area contributed by atoms with Gasteiger partial charge in [0.15, 0.2) is 0 Å². The summed E-state index contributed by atoms with van der Waals surface area (Å²) in [7, 11) is 1.97. The van der Waals surface area contributed by atoms with Crippen molar-refractivity contribution in [2.24, 2.45) is 0 Å². The van der Waals surface area contributed by atoms with E-state index in [1.54, 1.807) is 6.07 Å². The lowest BCUT2D eigenvalue weighted by atomic mass is 10.1. The first-order valence-corrected chi connectivity index (χ1v) is 8.70. The molecule has 0 aromatic heterocycles. The van der Waals surface area contributed by atoms with Gasteiger partial charge < -0.3 is 10.2 Å². The van der Waals surface area contributed by atoms with E-state index in [1.807, 2.05) is 35.8 Å². The zero-order valence-corrected chi connectivity index (χ0v) is 13.9. The van der Waals surface area contributed by atoms with Gasteiger partial charge in [-0.3, -0.25) is 0 Å². The number of hydrogen-bond donors (Lipinski definition) is 1. The normalized spacial score (nSPS) is 12.4. The Bertz CT molecular complexity index is 398. The third-order valence-electron chi connectivity index (χ3n) is 3.55. The quantitative estimate of drug-likeness (QED) is 0.696. The first-order valence-electron chi connectivity index (χ1n) is 7.31. The molecule has 0 saturated carbocycles. The SMILES string of the molecule is CCCNCc1ccc(N(C)C(C)CCSC)c(F)c1. The van der Waals surface area contributed by atoms with Gasteiger partial charge in [-0.05, 0) is 56.0 Å². The smallest absolute Gasteiger partial charge is 0.146 e. The number of benzene rings is 1. The first kappa shape index (κ1) is 17.3. The zero-order valence-electron chi connectivity index (χ0n) is 13.1. The maximum atomic E-state index is 14.2. The molecule has 0 aliphatic carbocycles. The number of rotatable bonds is 9. The molecule has 0 amide bonds. The van der Waals surface area contributed by atoms with Gasteiger partial charge in [0.05, 0.1) is 5.69 Å². The summed E-state index contributed by atoms with van der Waals surface area (Å²) in [6.07, 6.45) is 4.26. The fraction of sp³-hybridized carbons (Fsp3) is 0.625. The summed E-state index contributed by atoms with van der Waals surface area (Å²) < 4.78 is 14.2. The van der Waals surface area contributed by atoms with Gasteiger partial charge >= 0.3 is 0 Å². The Morgan fingerprint density at radius 2 is 2.15 bits per heavy atom. The molecule has 1 atom stereocenters. The summed E-state index contributed by atoms with van der Waals surface area (Å²) in [5.74, 6) is 0.978.